The summed E-state index contributed by atoms with van der Waals surface area (Å²) in [5.41, 5.74) is -0.732. The van der Waals surface area contributed by atoms with Crippen LogP contribution < -0.4 is 0 Å². The fourth-order valence-corrected chi connectivity index (χ4v) is 2.58. The van der Waals surface area contributed by atoms with Gasteiger partial charge in [0, 0.05) is 13.2 Å². The van der Waals surface area contributed by atoms with Gasteiger partial charge in [-0.05, 0) is 17.8 Å². The Hall–Kier alpha value is -1.74. The second-order valence-corrected chi connectivity index (χ2v) is 5.45. The van der Waals surface area contributed by atoms with E-state index in [-0.39, 0.29) is 15.7 Å². The van der Waals surface area contributed by atoms with Gasteiger partial charge in [-0.25, -0.2) is 14.8 Å². The number of hydrogen-bond acceptors (Lipinski definition) is 5. The predicted octanol–water partition coefficient (Wildman–Crippen LogP) is 3.43. The first kappa shape index (κ1) is 16.6. The average Bonchev–Trinajstić information content (AvgIpc) is 2.80. The number of alkyl halides is 3. The molecule has 2 aromatic rings. The van der Waals surface area contributed by atoms with Gasteiger partial charge in [0.2, 0.25) is 0 Å². The number of nitrogens with zero attached hydrogens (tertiary/aromatic N) is 3. The molecule has 0 aliphatic rings. The fourth-order valence-electron chi connectivity index (χ4n) is 1.52. The molecule has 22 heavy (non-hydrogen) atoms. The number of carbonyl (C=O) groups is 1. The zero-order chi connectivity index (χ0) is 16.5. The van der Waals surface area contributed by atoms with E-state index in [4.69, 9.17) is 11.6 Å². The lowest BCUT2D eigenvalue weighted by atomic mass is 10.3. The molecule has 10 heteroatoms. The summed E-state index contributed by atoms with van der Waals surface area (Å²) in [4.78, 5) is 19.2. The van der Waals surface area contributed by atoms with Crippen molar-refractivity contribution in [2.45, 2.75) is 16.4 Å². The third-order valence-electron chi connectivity index (χ3n) is 2.66. The predicted molar refractivity (Wildman–Crippen MR) is 72.9 cm³/mol. The molecule has 0 bridgehead atoms. The van der Waals surface area contributed by atoms with Gasteiger partial charge >= 0.3 is 12.1 Å². The van der Waals surface area contributed by atoms with E-state index in [0.29, 0.717) is 11.4 Å². The monoisotopic (exact) mass is 351 g/mol. The molecule has 0 atom stereocenters. The van der Waals surface area contributed by atoms with Gasteiger partial charge in [-0.1, -0.05) is 11.6 Å². The molecule has 2 rings (SSSR count). The lowest BCUT2D eigenvalue weighted by Gasteiger charge is -2.09. The Balaban J connectivity index is 2.29. The standard InChI is InChI=1S/C12H9ClF3N3O2S/c1-19-8(10(20)21-2)5-18-11(19)22-9-7(13)3-6(4-17-9)12(14,15)16/h3-5H,1-2H3. The number of methoxy groups -OCH3 is 1. The van der Waals surface area contributed by atoms with E-state index < -0.39 is 17.7 Å². The van der Waals surface area contributed by atoms with Gasteiger partial charge < -0.3 is 9.30 Å². The van der Waals surface area contributed by atoms with Gasteiger partial charge in [0.15, 0.2) is 5.16 Å². The van der Waals surface area contributed by atoms with Crippen LogP contribution in [-0.2, 0) is 18.0 Å². The maximum absolute atomic E-state index is 12.5. The molecule has 2 aromatic heterocycles. The minimum Gasteiger partial charge on any atom is -0.464 e. The molecule has 0 N–H and O–H groups in total. The highest BCUT2D eigenvalue weighted by molar-refractivity contribution is 7.99. The van der Waals surface area contributed by atoms with Crippen molar-refractivity contribution in [3.63, 3.8) is 0 Å². The van der Waals surface area contributed by atoms with E-state index in [0.717, 1.165) is 17.8 Å². The summed E-state index contributed by atoms with van der Waals surface area (Å²) < 4.78 is 43.7. The Bertz CT molecular complexity index is 718. The van der Waals surface area contributed by atoms with Crippen molar-refractivity contribution >= 4 is 29.3 Å². The number of carbonyl (C=O) groups excluding carboxylic acids is 1. The van der Waals surface area contributed by atoms with Crippen LogP contribution >= 0.6 is 23.4 Å². The summed E-state index contributed by atoms with van der Waals surface area (Å²) in [6.45, 7) is 0. The van der Waals surface area contributed by atoms with Crippen molar-refractivity contribution in [2.75, 3.05) is 7.11 Å². The number of imidazole rings is 1. The van der Waals surface area contributed by atoms with E-state index in [1.807, 2.05) is 0 Å². The van der Waals surface area contributed by atoms with Gasteiger partial charge in [0.1, 0.15) is 10.7 Å². The highest BCUT2D eigenvalue weighted by atomic mass is 35.5. The zero-order valence-corrected chi connectivity index (χ0v) is 12.9. The van der Waals surface area contributed by atoms with Crippen molar-refractivity contribution in [2.24, 2.45) is 7.05 Å². The van der Waals surface area contributed by atoms with Crippen LogP contribution in [0.1, 0.15) is 16.1 Å². The molecule has 5 nitrogen and oxygen atoms in total. The van der Waals surface area contributed by atoms with Crippen molar-refractivity contribution in [3.8, 4) is 0 Å². The maximum Gasteiger partial charge on any atom is 0.417 e. The van der Waals surface area contributed by atoms with Crippen molar-refractivity contribution in [1.82, 2.24) is 14.5 Å². The molecule has 0 amide bonds. The number of rotatable bonds is 3. The molecule has 0 aromatic carbocycles. The Morgan fingerprint density at radius 2 is 2.05 bits per heavy atom. The van der Waals surface area contributed by atoms with Crippen LogP contribution in [0.5, 0.6) is 0 Å². The number of esters is 1. The highest BCUT2D eigenvalue weighted by Crippen LogP contribution is 2.35. The van der Waals surface area contributed by atoms with E-state index in [9.17, 15) is 18.0 Å². The first-order chi connectivity index (χ1) is 10.2. The number of halogens is 4. The van der Waals surface area contributed by atoms with Crippen LogP contribution in [0.4, 0.5) is 13.2 Å². The molecule has 0 fully saturated rings. The van der Waals surface area contributed by atoms with Crippen LogP contribution in [0.25, 0.3) is 0 Å². The normalized spacial score (nSPS) is 11.5. The van der Waals surface area contributed by atoms with Crippen LogP contribution in [0, 0.1) is 0 Å². The topological polar surface area (TPSA) is 57.0 Å². The number of pyridine rings is 1. The summed E-state index contributed by atoms with van der Waals surface area (Å²) in [5, 5.41) is 0.344. The van der Waals surface area contributed by atoms with Crippen LogP contribution in [0.15, 0.2) is 28.6 Å². The van der Waals surface area contributed by atoms with Crippen LogP contribution in [-0.4, -0.2) is 27.6 Å². The van der Waals surface area contributed by atoms with E-state index >= 15 is 0 Å². The quantitative estimate of drug-likeness (QED) is 0.793. The third kappa shape index (κ3) is 3.36. The van der Waals surface area contributed by atoms with Crippen molar-refractivity contribution in [3.05, 3.63) is 34.7 Å². The molecule has 0 unspecified atom stereocenters. The van der Waals surface area contributed by atoms with Gasteiger partial charge in [-0.15, -0.1) is 0 Å². The lowest BCUT2D eigenvalue weighted by Crippen LogP contribution is -2.08. The largest absolute Gasteiger partial charge is 0.464 e. The molecule has 0 spiro atoms. The lowest BCUT2D eigenvalue weighted by molar-refractivity contribution is -0.137. The molecule has 2 heterocycles. The summed E-state index contributed by atoms with van der Waals surface area (Å²) in [7, 11) is 2.80. The second-order valence-electron chi connectivity index (χ2n) is 4.09. The van der Waals surface area contributed by atoms with Crippen LogP contribution in [0.2, 0.25) is 5.02 Å². The molecule has 0 saturated carbocycles. The Morgan fingerprint density at radius 1 is 1.36 bits per heavy atom. The Kier molecular flexibility index (Phi) is 4.66. The number of hydrogen-bond donors (Lipinski definition) is 0. The Morgan fingerprint density at radius 3 is 2.59 bits per heavy atom. The minimum absolute atomic E-state index is 0.151. The highest BCUT2D eigenvalue weighted by Gasteiger charge is 2.31. The van der Waals surface area contributed by atoms with Gasteiger partial charge in [0.25, 0.3) is 0 Å². The van der Waals surface area contributed by atoms with Crippen molar-refractivity contribution < 1.29 is 22.7 Å². The number of aromatic nitrogens is 3. The summed E-state index contributed by atoms with van der Waals surface area (Å²) in [6.07, 6.45) is -2.52. The van der Waals surface area contributed by atoms with Gasteiger partial charge in [-0.3, -0.25) is 0 Å². The van der Waals surface area contributed by atoms with Gasteiger partial charge in [-0.2, -0.15) is 13.2 Å². The van der Waals surface area contributed by atoms with Crippen LogP contribution in [0.3, 0.4) is 0 Å². The average molecular weight is 352 g/mol. The Labute approximate surface area is 132 Å². The first-order valence-corrected chi connectivity index (χ1v) is 6.94. The second kappa shape index (κ2) is 6.17. The zero-order valence-electron chi connectivity index (χ0n) is 11.3. The molecule has 0 aliphatic heterocycles. The van der Waals surface area contributed by atoms with Crippen molar-refractivity contribution in [1.29, 1.82) is 0 Å². The summed E-state index contributed by atoms with van der Waals surface area (Å²) in [5.74, 6) is -0.576. The molecular weight excluding hydrogens is 343 g/mol. The molecule has 0 aliphatic carbocycles. The number of ether oxygens (including phenoxy) is 1. The van der Waals surface area contributed by atoms with Gasteiger partial charge in [0.05, 0.1) is 23.9 Å². The third-order valence-corrected chi connectivity index (χ3v) is 4.14. The summed E-state index contributed by atoms with van der Waals surface area (Å²) >= 11 is 6.76. The molecular formula is C12H9ClF3N3O2S. The first-order valence-electron chi connectivity index (χ1n) is 5.74. The maximum atomic E-state index is 12.5. The van der Waals surface area contributed by atoms with E-state index in [1.54, 1.807) is 7.05 Å². The minimum atomic E-state index is -4.51. The van der Waals surface area contributed by atoms with E-state index in [2.05, 4.69) is 14.7 Å². The fraction of sp³-hybridized carbons (Fsp3) is 0.250. The summed E-state index contributed by atoms with van der Waals surface area (Å²) in [6, 6.07) is 0.793. The SMILES string of the molecule is COC(=O)c1cnc(Sc2ncc(C(F)(F)F)cc2Cl)n1C. The molecule has 0 saturated heterocycles. The smallest absolute Gasteiger partial charge is 0.417 e. The van der Waals surface area contributed by atoms with E-state index in [1.165, 1.54) is 17.9 Å². The molecule has 118 valence electrons. The molecule has 0 radical (unpaired) electrons.